The highest BCUT2D eigenvalue weighted by atomic mass is 16.3. The molecule has 0 spiro atoms. The lowest BCUT2D eigenvalue weighted by Gasteiger charge is -2.33. The molecule has 2 nitrogen and oxygen atoms in total. The molecular weight excluding hydrogens is 775 g/mol. The van der Waals surface area contributed by atoms with Gasteiger partial charge in [-0.1, -0.05) is 217 Å². The van der Waals surface area contributed by atoms with Crippen LogP contribution in [-0.2, 0) is 21.7 Å². The predicted molar refractivity (Wildman–Crippen MR) is 277 cm³/mol. The van der Waals surface area contributed by atoms with E-state index in [0.717, 1.165) is 50.1 Å². The van der Waals surface area contributed by atoms with E-state index in [4.69, 9.17) is 4.42 Å². The van der Waals surface area contributed by atoms with Crippen molar-refractivity contribution in [3.8, 4) is 33.4 Å². The molecule has 9 rings (SSSR count). The second kappa shape index (κ2) is 15.7. The Balaban J connectivity index is 1.36. The van der Waals surface area contributed by atoms with Gasteiger partial charge in [-0.05, 0) is 102 Å². The highest BCUT2D eigenvalue weighted by Crippen LogP contribution is 2.50. The summed E-state index contributed by atoms with van der Waals surface area (Å²) in [5.74, 6) is 0. The number of nitrogens with zero attached hydrogens (tertiary/aromatic N) is 1. The van der Waals surface area contributed by atoms with Crippen LogP contribution in [0.3, 0.4) is 0 Å². The fourth-order valence-corrected chi connectivity index (χ4v) is 9.22. The normalized spacial score (nSPS) is 12.7. The molecule has 0 radical (unpaired) electrons. The van der Waals surface area contributed by atoms with E-state index in [2.05, 4.69) is 252 Å². The van der Waals surface area contributed by atoms with Crippen molar-refractivity contribution >= 4 is 49.8 Å². The first-order valence-corrected chi connectivity index (χ1v) is 23.0. The largest absolute Gasteiger partial charge is 0.455 e. The summed E-state index contributed by atoms with van der Waals surface area (Å²) in [5.41, 5.74) is 17.3. The summed E-state index contributed by atoms with van der Waals surface area (Å²) in [6.45, 7) is 27.9. The number of benzene rings is 8. The standard InChI is InChI=1S/C62H63NO/c1-59(2,3)42-34-41(35-43(36-42)60(4,5)6)47-27-19-22-40-23-20-28-51(57(40)47)48-24-13-16-31-54(48)63(46-38-44(61(7,8)9)37-45(39-46)62(10,11)12)55-32-17-14-25-49(55)52-29-21-30-53-50-26-15-18-33-56(50)64-58(52)53/h13-39H,1-12H3. The monoisotopic (exact) mass is 837 g/mol. The molecular formula is C62H63NO. The van der Waals surface area contributed by atoms with Gasteiger partial charge in [0.25, 0.3) is 0 Å². The molecule has 0 saturated carbocycles. The second-order valence-electron chi connectivity index (χ2n) is 21.9. The molecule has 64 heavy (non-hydrogen) atoms. The SMILES string of the molecule is CC(C)(C)c1cc(-c2cccc3cccc(-c4ccccc4N(c4cc(C(C)(C)C)cc(C(C)(C)C)c4)c4ccccc4-c4cccc5c4oc4ccccc45)c23)cc(C(C)(C)C)c1. The molecule has 0 N–H and O–H groups in total. The Bertz CT molecular complexity index is 3130. The summed E-state index contributed by atoms with van der Waals surface area (Å²) >= 11 is 0. The summed E-state index contributed by atoms with van der Waals surface area (Å²) in [7, 11) is 0. The fraction of sp³-hybridized carbons (Fsp3) is 0.258. The smallest absolute Gasteiger partial charge is 0.143 e. The van der Waals surface area contributed by atoms with Crippen molar-refractivity contribution in [1.29, 1.82) is 0 Å². The maximum atomic E-state index is 6.75. The highest BCUT2D eigenvalue weighted by molar-refractivity contribution is 6.12. The number of hydrogen-bond donors (Lipinski definition) is 0. The van der Waals surface area contributed by atoms with Crippen LogP contribution in [0.25, 0.3) is 66.1 Å². The lowest BCUT2D eigenvalue weighted by atomic mass is 9.78. The number of para-hydroxylation sites is 4. The minimum atomic E-state index is -0.0847. The zero-order valence-corrected chi connectivity index (χ0v) is 39.9. The van der Waals surface area contributed by atoms with E-state index >= 15 is 0 Å². The van der Waals surface area contributed by atoms with E-state index < -0.39 is 0 Å². The molecule has 1 heterocycles. The van der Waals surface area contributed by atoms with Crippen molar-refractivity contribution in [2.45, 2.75) is 105 Å². The summed E-state index contributed by atoms with van der Waals surface area (Å²) in [5, 5.41) is 4.72. The van der Waals surface area contributed by atoms with Crippen LogP contribution in [0.15, 0.2) is 168 Å². The molecule has 8 aromatic carbocycles. The third kappa shape index (κ3) is 7.93. The lowest BCUT2D eigenvalue weighted by molar-refractivity contribution is 0.568. The number of fused-ring (bicyclic) bond motifs is 4. The number of anilines is 3. The number of rotatable bonds is 6. The van der Waals surface area contributed by atoms with Gasteiger partial charge in [-0.25, -0.2) is 0 Å². The van der Waals surface area contributed by atoms with Gasteiger partial charge in [-0.3, -0.25) is 0 Å². The molecule has 0 aliphatic heterocycles. The summed E-state index contributed by atoms with van der Waals surface area (Å²) in [6, 6.07) is 61.0. The molecule has 0 amide bonds. The minimum absolute atomic E-state index is 0.00980. The van der Waals surface area contributed by atoms with E-state index in [0.29, 0.717) is 0 Å². The highest BCUT2D eigenvalue weighted by Gasteiger charge is 2.28. The van der Waals surface area contributed by atoms with Crippen LogP contribution in [0, 0.1) is 0 Å². The Morgan fingerprint density at radius 3 is 1.34 bits per heavy atom. The Hall–Kier alpha value is -6.38. The lowest BCUT2D eigenvalue weighted by Crippen LogP contribution is -2.19. The molecule has 0 bridgehead atoms. The van der Waals surface area contributed by atoms with E-state index in [1.165, 1.54) is 55.3 Å². The molecule has 0 atom stereocenters. The van der Waals surface area contributed by atoms with Crippen LogP contribution in [-0.4, -0.2) is 0 Å². The van der Waals surface area contributed by atoms with Crippen molar-refractivity contribution in [2.24, 2.45) is 0 Å². The van der Waals surface area contributed by atoms with Gasteiger partial charge >= 0.3 is 0 Å². The second-order valence-corrected chi connectivity index (χ2v) is 21.9. The molecule has 2 heteroatoms. The quantitative estimate of drug-likeness (QED) is 0.166. The summed E-state index contributed by atoms with van der Waals surface area (Å²) in [6.07, 6.45) is 0. The van der Waals surface area contributed by atoms with E-state index in [1.807, 2.05) is 0 Å². The van der Waals surface area contributed by atoms with Gasteiger partial charge in [-0.2, -0.15) is 0 Å². The Morgan fingerprint density at radius 1 is 0.359 bits per heavy atom. The Kier molecular flexibility index (Phi) is 10.5. The Labute approximate surface area is 381 Å². The van der Waals surface area contributed by atoms with Gasteiger partial charge < -0.3 is 9.32 Å². The third-order valence-corrected chi connectivity index (χ3v) is 13.1. The molecule has 0 saturated heterocycles. The molecule has 0 unspecified atom stereocenters. The maximum Gasteiger partial charge on any atom is 0.143 e. The van der Waals surface area contributed by atoms with Gasteiger partial charge in [0.15, 0.2) is 0 Å². The van der Waals surface area contributed by atoms with Gasteiger partial charge in [0.1, 0.15) is 11.2 Å². The van der Waals surface area contributed by atoms with Crippen molar-refractivity contribution < 1.29 is 4.42 Å². The predicted octanol–water partition coefficient (Wildman–Crippen LogP) is 18.4. The third-order valence-electron chi connectivity index (χ3n) is 13.1. The van der Waals surface area contributed by atoms with Crippen LogP contribution < -0.4 is 4.90 Å². The first-order chi connectivity index (χ1) is 30.3. The van der Waals surface area contributed by atoms with E-state index in [-0.39, 0.29) is 21.7 Å². The van der Waals surface area contributed by atoms with Crippen LogP contribution in [0.1, 0.15) is 105 Å². The first kappa shape index (κ1) is 42.9. The molecule has 0 fully saturated rings. The van der Waals surface area contributed by atoms with Crippen LogP contribution in [0.5, 0.6) is 0 Å². The van der Waals surface area contributed by atoms with Gasteiger partial charge in [0, 0.05) is 33.2 Å². The van der Waals surface area contributed by atoms with Crippen LogP contribution >= 0.6 is 0 Å². The molecule has 0 aliphatic rings. The van der Waals surface area contributed by atoms with E-state index in [1.54, 1.807) is 0 Å². The average molecular weight is 838 g/mol. The van der Waals surface area contributed by atoms with Crippen LogP contribution in [0.2, 0.25) is 0 Å². The maximum absolute atomic E-state index is 6.75. The molecule has 9 aromatic rings. The van der Waals surface area contributed by atoms with Crippen molar-refractivity contribution in [2.75, 3.05) is 4.90 Å². The zero-order chi connectivity index (χ0) is 45.3. The molecule has 0 aliphatic carbocycles. The first-order valence-electron chi connectivity index (χ1n) is 23.0. The van der Waals surface area contributed by atoms with Gasteiger partial charge in [0.2, 0.25) is 0 Å². The van der Waals surface area contributed by atoms with Crippen molar-refractivity contribution in [3.05, 3.63) is 186 Å². The zero-order valence-electron chi connectivity index (χ0n) is 39.9. The summed E-state index contributed by atoms with van der Waals surface area (Å²) < 4.78 is 6.75. The molecule has 1 aromatic heterocycles. The topological polar surface area (TPSA) is 16.4 Å². The van der Waals surface area contributed by atoms with Gasteiger partial charge in [0.05, 0.1) is 11.4 Å². The van der Waals surface area contributed by atoms with Crippen molar-refractivity contribution in [1.82, 2.24) is 0 Å². The minimum Gasteiger partial charge on any atom is -0.455 e. The molecule has 322 valence electrons. The van der Waals surface area contributed by atoms with Crippen molar-refractivity contribution in [3.63, 3.8) is 0 Å². The van der Waals surface area contributed by atoms with Gasteiger partial charge in [-0.15, -0.1) is 0 Å². The van der Waals surface area contributed by atoms with Crippen LogP contribution in [0.4, 0.5) is 17.1 Å². The van der Waals surface area contributed by atoms with E-state index in [9.17, 15) is 0 Å². The Morgan fingerprint density at radius 2 is 0.781 bits per heavy atom. The average Bonchev–Trinajstić information content (AvgIpc) is 3.64. The number of hydrogen-bond acceptors (Lipinski definition) is 2. The number of furan rings is 1. The summed E-state index contributed by atoms with van der Waals surface area (Å²) in [4.78, 5) is 2.52. The fourth-order valence-electron chi connectivity index (χ4n) is 9.22.